The first-order chi connectivity index (χ1) is 10.1. The largest absolute Gasteiger partial charge is 0.342 e. The van der Waals surface area contributed by atoms with Crippen LogP contribution in [0.15, 0.2) is 24.3 Å². The molecule has 0 spiro atoms. The van der Waals surface area contributed by atoms with Gasteiger partial charge in [0.25, 0.3) is 0 Å². The molecule has 4 heteroatoms. The van der Waals surface area contributed by atoms with Crippen LogP contribution in [0.5, 0.6) is 0 Å². The fraction of sp³-hybridized carbons (Fsp3) is 0.529. The number of nitrogens with zero attached hydrogens (tertiary/aromatic N) is 1. The van der Waals surface area contributed by atoms with E-state index in [1.807, 2.05) is 4.90 Å². The lowest BCUT2D eigenvalue weighted by atomic mass is 10.0. The standard InChI is InChI=1S/C17H22FNO2/c1-2-4-13-11-17(21)19(12-13)10-3-5-16(20)14-6-8-15(18)9-7-14/h6-9,13H,2-5,10-12H2,1H3. The number of rotatable bonds is 7. The zero-order valence-electron chi connectivity index (χ0n) is 12.5. The first kappa shape index (κ1) is 15.7. The highest BCUT2D eigenvalue weighted by molar-refractivity contribution is 5.96. The van der Waals surface area contributed by atoms with E-state index in [1.165, 1.54) is 24.3 Å². The molecular formula is C17H22FNO2. The molecule has 0 aromatic heterocycles. The van der Waals surface area contributed by atoms with Crippen LogP contribution >= 0.6 is 0 Å². The minimum Gasteiger partial charge on any atom is -0.342 e. The van der Waals surface area contributed by atoms with Gasteiger partial charge in [-0.1, -0.05) is 13.3 Å². The maximum absolute atomic E-state index is 12.8. The quantitative estimate of drug-likeness (QED) is 0.722. The van der Waals surface area contributed by atoms with Crippen LogP contribution in [0.25, 0.3) is 0 Å². The van der Waals surface area contributed by atoms with Crippen molar-refractivity contribution in [3.05, 3.63) is 35.6 Å². The van der Waals surface area contributed by atoms with Crippen LogP contribution in [0.3, 0.4) is 0 Å². The molecule has 0 radical (unpaired) electrons. The summed E-state index contributed by atoms with van der Waals surface area (Å²) >= 11 is 0. The molecule has 1 saturated heterocycles. The van der Waals surface area contributed by atoms with E-state index in [1.54, 1.807) is 0 Å². The van der Waals surface area contributed by atoms with Gasteiger partial charge in [0.2, 0.25) is 5.91 Å². The smallest absolute Gasteiger partial charge is 0.222 e. The lowest BCUT2D eigenvalue weighted by molar-refractivity contribution is -0.127. The summed E-state index contributed by atoms with van der Waals surface area (Å²) in [7, 11) is 0. The number of halogens is 1. The molecule has 1 atom stereocenters. The Labute approximate surface area is 125 Å². The number of amides is 1. The molecule has 2 rings (SSSR count). The number of hydrogen-bond acceptors (Lipinski definition) is 2. The Balaban J connectivity index is 1.75. The van der Waals surface area contributed by atoms with Crippen molar-refractivity contribution in [2.45, 2.75) is 39.0 Å². The Bertz CT molecular complexity index is 498. The van der Waals surface area contributed by atoms with E-state index in [-0.39, 0.29) is 17.5 Å². The second-order valence-electron chi connectivity index (χ2n) is 5.73. The van der Waals surface area contributed by atoms with Crippen molar-refractivity contribution in [1.29, 1.82) is 0 Å². The fourth-order valence-electron chi connectivity index (χ4n) is 2.88. The van der Waals surface area contributed by atoms with E-state index in [2.05, 4.69) is 6.92 Å². The number of benzene rings is 1. The van der Waals surface area contributed by atoms with E-state index in [9.17, 15) is 14.0 Å². The summed E-state index contributed by atoms with van der Waals surface area (Å²) < 4.78 is 12.8. The molecule has 1 amide bonds. The molecular weight excluding hydrogens is 269 g/mol. The number of carbonyl (C=O) groups is 2. The number of carbonyl (C=O) groups excluding carboxylic acids is 2. The van der Waals surface area contributed by atoms with Gasteiger partial charge in [0, 0.05) is 31.5 Å². The van der Waals surface area contributed by atoms with Gasteiger partial charge in [-0.25, -0.2) is 4.39 Å². The van der Waals surface area contributed by atoms with Gasteiger partial charge in [0.05, 0.1) is 0 Å². The van der Waals surface area contributed by atoms with Gasteiger partial charge in [0.15, 0.2) is 5.78 Å². The van der Waals surface area contributed by atoms with Crippen molar-refractivity contribution in [1.82, 2.24) is 4.90 Å². The second-order valence-corrected chi connectivity index (χ2v) is 5.73. The first-order valence-electron chi connectivity index (χ1n) is 7.66. The molecule has 1 fully saturated rings. The summed E-state index contributed by atoms with van der Waals surface area (Å²) in [5.74, 6) is 0.362. The van der Waals surface area contributed by atoms with Crippen molar-refractivity contribution in [2.75, 3.05) is 13.1 Å². The van der Waals surface area contributed by atoms with E-state index in [4.69, 9.17) is 0 Å². The Kier molecular flexibility index (Phi) is 5.48. The zero-order valence-corrected chi connectivity index (χ0v) is 12.5. The lowest BCUT2D eigenvalue weighted by Gasteiger charge is -2.16. The summed E-state index contributed by atoms with van der Waals surface area (Å²) in [6.45, 7) is 3.61. The summed E-state index contributed by atoms with van der Waals surface area (Å²) in [5.41, 5.74) is 0.535. The van der Waals surface area contributed by atoms with Crippen LogP contribution in [0.2, 0.25) is 0 Å². The van der Waals surface area contributed by atoms with Crippen LogP contribution in [-0.4, -0.2) is 29.7 Å². The van der Waals surface area contributed by atoms with Gasteiger partial charge in [-0.3, -0.25) is 9.59 Å². The van der Waals surface area contributed by atoms with Gasteiger partial charge < -0.3 is 4.90 Å². The van der Waals surface area contributed by atoms with E-state index >= 15 is 0 Å². The molecule has 1 unspecified atom stereocenters. The fourth-order valence-corrected chi connectivity index (χ4v) is 2.88. The molecule has 0 bridgehead atoms. The molecule has 1 heterocycles. The van der Waals surface area contributed by atoms with E-state index < -0.39 is 0 Å². The van der Waals surface area contributed by atoms with Crippen molar-refractivity contribution >= 4 is 11.7 Å². The number of likely N-dealkylation sites (tertiary alicyclic amines) is 1. The highest BCUT2D eigenvalue weighted by Gasteiger charge is 2.28. The van der Waals surface area contributed by atoms with Gasteiger partial charge in [0.1, 0.15) is 5.82 Å². The third-order valence-corrected chi connectivity index (χ3v) is 3.99. The highest BCUT2D eigenvalue weighted by atomic mass is 19.1. The van der Waals surface area contributed by atoms with E-state index in [0.29, 0.717) is 37.3 Å². The average Bonchev–Trinajstić information content (AvgIpc) is 2.80. The maximum Gasteiger partial charge on any atom is 0.222 e. The van der Waals surface area contributed by atoms with Crippen molar-refractivity contribution in [3.8, 4) is 0 Å². The number of hydrogen-bond donors (Lipinski definition) is 0. The Hall–Kier alpha value is -1.71. The van der Waals surface area contributed by atoms with E-state index in [0.717, 1.165) is 19.4 Å². The number of Topliss-reactive ketones (excluding diaryl/α,β-unsaturated/α-hetero) is 1. The third-order valence-electron chi connectivity index (χ3n) is 3.99. The van der Waals surface area contributed by atoms with Crippen LogP contribution in [-0.2, 0) is 4.79 Å². The van der Waals surface area contributed by atoms with Gasteiger partial charge in [-0.2, -0.15) is 0 Å². The summed E-state index contributed by atoms with van der Waals surface area (Å²) in [4.78, 5) is 25.7. The lowest BCUT2D eigenvalue weighted by Crippen LogP contribution is -2.26. The van der Waals surface area contributed by atoms with Gasteiger partial charge in [-0.05, 0) is 43.0 Å². The third kappa shape index (κ3) is 4.38. The summed E-state index contributed by atoms with van der Waals surface area (Å²) in [5, 5.41) is 0. The Morgan fingerprint density at radius 3 is 2.71 bits per heavy atom. The SMILES string of the molecule is CCCC1CC(=O)N(CCCC(=O)c2ccc(F)cc2)C1. The number of ketones is 1. The van der Waals surface area contributed by atoms with Crippen molar-refractivity contribution in [2.24, 2.45) is 5.92 Å². The zero-order chi connectivity index (χ0) is 15.2. The molecule has 1 aliphatic heterocycles. The van der Waals surface area contributed by atoms with Gasteiger partial charge in [-0.15, -0.1) is 0 Å². The molecule has 1 aromatic carbocycles. The average molecular weight is 291 g/mol. The predicted molar refractivity (Wildman–Crippen MR) is 79.6 cm³/mol. The second kappa shape index (κ2) is 7.34. The Morgan fingerprint density at radius 1 is 1.33 bits per heavy atom. The Morgan fingerprint density at radius 2 is 2.05 bits per heavy atom. The topological polar surface area (TPSA) is 37.4 Å². The predicted octanol–water partition coefficient (Wildman–Crippen LogP) is 3.44. The van der Waals surface area contributed by atoms with Crippen molar-refractivity contribution in [3.63, 3.8) is 0 Å². The highest BCUT2D eigenvalue weighted by Crippen LogP contribution is 2.22. The molecule has 1 aliphatic rings. The molecule has 0 aliphatic carbocycles. The van der Waals surface area contributed by atoms with Crippen LogP contribution < -0.4 is 0 Å². The van der Waals surface area contributed by atoms with Crippen LogP contribution in [0.1, 0.15) is 49.4 Å². The minimum atomic E-state index is -0.337. The van der Waals surface area contributed by atoms with Crippen molar-refractivity contribution < 1.29 is 14.0 Å². The first-order valence-corrected chi connectivity index (χ1v) is 7.66. The maximum atomic E-state index is 12.8. The molecule has 114 valence electrons. The molecule has 1 aromatic rings. The minimum absolute atomic E-state index is 0.00625. The summed E-state index contributed by atoms with van der Waals surface area (Å²) in [6, 6.07) is 5.62. The molecule has 21 heavy (non-hydrogen) atoms. The molecule has 0 N–H and O–H groups in total. The van der Waals surface area contributed by atoms with Crippen LogP contribution in [0, 0.1) is 11.7 Å². The molecule has 0 saturated carbocycles. The normalized spacial score (nSPS) is 18.3. The molecule has 3 nitrogen and oxygen atoms in total. The summed E-state index contributed by atoms with van der Waals surface area (Å²) in [6.07, 6.45) is 3.92. The van der Waals surface area contributed by atoms with Gasteiger partial charge >= 0.3 is 0 Å². The monoisotopic (exact) mass is 291 g/mol. The van der Waals surface area contributed by atoms with Crippen LogP contribution in [0.4, 0.5) is 4.39 Å².